The molecule has 0 aliphatic rings. The van der Waals surface area contributed by atoms with E-state index in [2.05, 4.69) is 18.6 Å². The van der Waals surface area contributed by atoms with Gasteiger partial charge in [-0.1, -0.05) is 20.8 Å². The number of nitrogen functional groups attached to an aromatic ring is 1. The summed E-state index contributed by atoms with van der Waals surface area (Å²) in [6.45, 7) is 6.06. The van der Waals surface area contributed by atoms with Crippen LogP contribution in [0.15, 0.2) is 18.2 Å². The molecule has 0 bridgehead atoms. The molecule has 1 unspecified atom stereocenters. The fourth-order valence-corrected chi connectivity index (χ4v) is 2.01. The van der Waals surface area contributed by atoms with Gasteiger partial charge in [-0.3, -0.25) is 0 Å². The van der Waals surface area contributed by atoms with Crippen LogP contribution in [0.1, 0.15) is 38.7 Å². The van der Waals surface area contributed by atoms with Crippen LogP contribution in [0.4, 0.5) is 18.9 Å². The Hall–Kier alpha value is -1.39. The van der Waals surface area contributed by atoms with Crippen molar-refractivity contribution in [3.63, 3.8) is 0 Å². The fourth-order valence-electron chi connectivity index (χ4n) is 2.01. The van der Waals surface area contributed by atoms with Gasteiger partial charge in [-0.25, -0.2) is 0 Å². The summed E-state index contributed by atoms with van der Waals surface area (Å²) in [4.78, 5) is 0. The maximum Gasteiger partial charge on any atom is 0.573 e. The number of hydrogen-bond donors (Lipinski definition) is 1. The van der Waals surface area contributed by atoms with Gasteiger partial charge in [0.2, 0.25) is 0 Å². The van der Waals surface area contributed by atoms with Crippen LogP contribution in [0.5, 0.6) is 5.75 Å². The summed E-state index contributed by atoms with van der Waals surface area (Å²) < 4.78 is 40.3. The summed E-state index contributed by atoms with van der Waals surface area (Å²) in [5.74, 6) is 0.329. The lowest BCUT2D eigenvalue weighted by Gasteiger charge is -2.18. The molecular weight excluding hydrogens is 243 g/mol. The van der Waals surface area contributed by atoms with E-state index in [4.69, 9.17) is 5.73 Å². The molecule has 0 heterocycles. The van der Waals surface area contributed by atoms with Crippen LogP contribution in [0.25, 0.3) is 0 Å². The Labute approximate surface area is 105 Å². The van der Waals surface area contributed by atoms with Gasteiger partial charge in [0.25, 0.3) is 0 Å². The zero-order valence-electron chi connectivity index (χ0n) is 10.7. The summed E-state index contributed by atoms with van der Waals surface area (Å²) in [5, 5.41) is 0. The van der Waals surface area contributed by atoms with Crippen LogP contribution >= 0.6 is 0 Å². The Balaban J connectivity index is 2.94. The first-order chi connectivity index (χ1) is 8.19. The summed E-state index contributed by atoms with van der Waals surface area (Å²) in [6, 6.07) is 4.05. The Bertz CT molecular complexity index is 402. The molecule has 0 aliphatic carbocycles. The molecule has 1 aromatic carbocycles. The van der Waals surface area contributed by atoms with Crippen LogP contribution in [0.2, 0.25) is 0 Å². The number of halogens is 3. The predicted molar refractivity (Wildman–Crippen MR) is 65.4 cm³/mol. The highest BCUT2D eigenvalue weighted by molar-refractivity contribution is 5.52. The molecule has 1 aromatic rings. The predicted octanol–water partition coefficient (Wildman–Crippen LogP) is 4.32. The molecular formula is C13H18F3NO. The summed E-state index contributed by atoms with van der Waals surface area (Å²) in [6.07, 6.45) is -3.81. The highest BCUT2D eigenvalue weighted by Crippen LogP contribution is 2.32. The van der Waals surface area contributed by atoms with Crippen LogP contribution in [-0.4, -0.2) is 6.36 Å². The minimum absolute atomic E-state index is 0.0989. The molecule has 18 heavy (non-hydrogen) atoms. The van der Waals surface area contributed by atoms with Gasteiger partial charge < -0.3 is 10.5 Å². The molecule has 5 heteroatoms. The van der Waals surface area contributed by atoms with Crippen molar-refractivity contribution in [3.8, 4) is 5.75 Å². The molecule has 102 valence electrons. The largest absolute Gasteiger partial charge is 0.573 e. The summed E-state index contributed by atoms with van der Waals surface area (Å²) in [7, 11) is 0. The van der Waals surface area contributed by atoms with Gasteiger partial charge in [0, 0.05) is 5.69 Å². The van der Waals surface area contributed by atoms with Gasteiger partial charge in [-0.2, -0.15) is 0 Å². The monoisotopic (exact) mass is 261 g/mol. The van der Waals surface area contributed by atoms with Gasteiger partial charge in [0.15, 0.2) is 0 Å². The molecule has 0 amide bonds. The number of hydrogen-bond acceptors (Lipinski definition) is 2. The first kappa shape index (κ1) is 14.7. The molecule has 2 nitrogen and oxygen atoms in total. The number of benzene rings is 1. The van der Waals surface area contributed by atoms with E-state index in [0.29, 0.717) is 17.2 Å². The van der Waals surface area contributed by atoms with Crippen molar-refractivity contribution in [2.45, 2.75) is 39.5 Å². The lowest BCUT2D eigenvalue weighted by Crippen LogP contribution is -2.17. The fraction of sp³-hybridized carbons (Fsp3) is 0.538. The van der Waals surface area contributed by atoms with E-state index in [1.165, 1.54) is 18.2 Å². The van der Waals surface area contributed by atoms with Crippen LogP contribution < -0.4 is 10.5 Å². The lowest BCUT2D eigenvalue weighted by molar-refractivity contribution is -0.274. The molecule has 0 saturated carbocycles. The zero-order chi connectivity index (χ0) is 13.9. The molecule has 0 saturated heterocycles. The van der Waals surface area contributed by atoms with Gasteiger partial charge in [-0.15, -0.1) is 13.2 Å². The summed E-state index contributed by atoms with van der Waals surface area (Å²) in [5.41, 5.74) is 6.99. The topological polar surface area (TPSA) is 35.2 Å². The van der Waals surface area contributed by atoms with E-state index in [0.717, 1.165) is 6.42 Å². The van der Waals surface area contributed by atoms with Crippen molar-refractivity contribution in [2.24, 2.45) is 5.92 Å². The van der Waals surface area contributed by atoms with E-state index in [9.17, 15) is 13.2 Å². The molecule has 1 rings (SSSR count). The van der Waals surface area contributed by atoms with E-state index in [1.54, 1.807) is 0 Å². The third kappa shape index (κ3) is 4.47. The zero-order valence-corrected chi connectivity index (χ0v) is 10.7. The number of ether oxygens (including phenoxy) is 1. The van der Waals surface area contributed by atoms with Crippen molar-refractivity contribution < 1.29 is 17.9 Å². The van der Waals surface area contributed by atoms with Gasteiger partial charge >= 0.3 is 6.36 Å². The maximum atomic E-state index is 12.1. The van der Waals surface area contributed by atoms with E-state index < -0.39 is 6.36 Å². The Kier molecular flexibility index (Phi) is 4.48. The second kappa shape index (κ2) is 5.50. The Morgan fingerprint density at radius 2 is 1.83 bits per heavy atom. The molecule has 1 atom stereocenters. The average molecular weight is 261 g/mol. The van der Waals surface area contributed by atoms with Crippen molar-refractivity contribution in [3.05, 3.63) is 23.8 Å². The smallest absolute Gasteiger partial charge is 0.406 e. The Morgan fingerprint density at radius 1 is 1.22 bits per heavy atom. The second-order valence-corrected chi connectivity index (χ2v) is 4.87. The lowest BCUT2D eigenvalue weighted by atomic mass is 9.91. The van der Waals surface area contributed by atoms with Gasteiger partial charge in [-0.05, 0) is 42.0 Å². The van der Waals surface area contributed by atoms with Crippen LogP contribution in [-0.2, 0) is 0 Å². The van der Waals surface area contributed by atoms with Crippen LogP contribution in [0.3, 0.4) is 0 Å². The first-order valence-electron chi connectivity index (χ1n) is 5.84. The molecule has 0 radical (unpaired) electrons. The van der Waals surface area contributed by atoms with Crippen molar-refractivity contribution >= 4 is 5.69 Å². The van der Waals surface area contributed by atoms with Crippen molar-refractivity contribution in [2.75, 3.05) is 5.73 Å². The number of anilines is 1. The highest BCUT2D eigenvalue weighted by Gasteiger charge is 2.31. The third-order valence-corrected chi connectivity index (χ3v) is 2.65. The number of alkyl halides is 3. The second-order valence-electron chi connectivity index (χ2n) is 4.87. The molecule has 2 N–H and O–H groups in total. The SMILES string of the molecule is CC(C)CC(C)c1cc(OC(F)(F)F)ccc1N. The van der Waals surface area contributed by atoms with Gasteiger partial charge in [0.1, 0.15) is 5.75 Å². The highest BCUT2D eigenvalue weighted by atomic mass is 19.4. The van der Waals surface area contributed by atoms with E-state index >= 15 is 0 Å². The van der Waals surface area contributed by atoms with Gasteiger partial charge in [0.05, 0.1) is 0 Å². The van der Waals surface area contributed by atoms with Crippen molar-refractivity contribution in [1.82, 2.24) is 0 Å². The average Bonchev–Trinajstić information content (AvgIpc) is 2.17. The Morgan fingerprint density at radius 3 is 2.33 bits per heavy atom. The minimum Gasteiger partial charge on any atom is -0.406 e. The van der Waals surface area contributed by atoms with Crippen LogP contribution in [0, 0.1) is 5.92 Å². The molecule has 0 aromatic heterocycles. The minimum atomic E-state index is -4.67. The first-order valence-corrected chi connectivity index (χ1v) is 5.84. The number of nitrogens with two attached hydrogens (primary N) is 1. The van der Waals surface area contributed by atoms with E-state index in [-0.39, 0.29) is 11.7 Å². The third-order valence-electron chi connectivity index (χ3n) is 2.65. The maximum absolute atomic E-state index is 12.1. The molecule has 0 spiro atoms. The standard InChI is InChI=1S/C13H18F3NO/c1-8(2)6-9(3)11-7-10(4-5-12(11)17)18-13(14,15)16/h4-5,7-9H,6,17H2,1-3H3. The summed E-state index contributed by atoms with van der Waals surface area (Å²) >= 11 is 0. The van der Waals surface area contributed by atoms with E-state index in [1.807, 2.05) is 6.92 Å². The quantitative estimate of drug-likeness (QED) is 0.819. The normalized spacial score (nSPS) is 13.7. The molecule has 0 fully saturated rings. The van der Waals surface area contributed by atoms with Crippen molar-refractivity contribution in [1.29, 1.82) is 0 Å². The number of rotatable bonds is 4. The molecule has 0 aliphatic heterocycles.